The van der Waals surface area contributed by atoms with E-state index in [1.54, 1.807) is 6.20 Å². The summed E-state index contributed by atoms with van der Waals surface area (Å²) in [6.07, 6.45) is 1.67. The van der Waals surface area contributed by atoms with Crippen LogP contribution in [0.15, 0.2) is 11.6 Å². The number of thiazole rings is 1. The van der Waals surface area contributed by atoms with Crippen LogP contribution in [0.4, 0.5) is 0 Å². The molecule has 6 heteroatoms. The van der Waals surface area contributed by atoms with E-state index in [1.165, 1.54) is 18.3 Å². The van der Waals surface area contributed by atoms with E-state index >= 15 is 0 Å². The lowest BCUT2D eigenvalue weighted by Gasteiger charge is -1.78. The predicted molar refractivity (Wildman–Crippen MR) is 49.9 cm³/mol. The average Bonchev–Trinajstić information content (AvgIpc) is 2.41. The van der Waals surface area contributed by atoms with Crippen LogP contribution in [-0.2, 0) is 4.79 Å². The van der Waals surface area contributed by atoms with Gasteiger partial charge in [-0.3, -0.25) is 4.79 Å². The molecule has 1 N–H and O–H groups in total. The first-order valence-corrected chi connectivity index (χ1v) is 4.33. The molecule has 11 heavy (non-hydrogen) atoms. The van der Waals surface area contributed by atoms with Crippen LogP contribution in [0.1, 0.15) is 6.92 Å². The highest BCUT2D eigenvalue weighted by atomic mass is 35.5. The van der Waals surface area contributed by atoms with Crippen LogP contribution < -0.4 is 4.72 Å². The van der Waals surface area contributed by atoms with Gasteiger partial charge >= 0.3 is 0 Å². The molecule has 0 aliphatic heterocycles. The quantitative estimate of drug-likeness (QED) is 0.641. The van der Waals surface area contributed by atoms with Crippen molar-refractivity contribution in [3.63, 3.8) is 0 Å². The summed E-state index contributed by atoms with van der Waals surface area (Å²) in [7, 11) is 0. The number of carbonyl (C=O) groups is 1. The molecule has 3 nitrogen and oxygen atoms in total. The van der Waals surface area contributed by atoms with Crippen LogP contribution in [-0.4, -0.2) is 10.9 Å². The summed E-state index contributed by atoms with van der Waals surface area (Å²) in [6.45, 7) is 1.40. The van der Waals surface area contributed by atoms with Crippen molar-refractivity contribution < 1.29 is 4.79 Å². The Bertz CT molecular complexity index is 202. The Labute approximate surface area is 79.3 Å². The summed E-state index contributed by atoms with van der Waals surface area (Å²) in [5, 5.41) is 1.84. The summed E-state index contributed by atoms with van der Waals surface area (Å²) < 4.78 is 2.69. The van der Waals surface area contributed by atoms with Gasteiger partial charge < -0.3 is 4.72 Å². The fraction of sp³-hybridized carbons (Fsp3) is 0.200. The van der Waals surface area contributed by atoms with Crippen molar-refractivity contribution in [2.75, 3.05) is 0 Å². The van der Waals surface area contributed by atoms with Crippen molar-refractivity contribution in [1.29, 1.82) is 0 Å². The molecule has 1 amide bonds. The maximum atomic E-state index is 9.62. The molecule has 0 aliphatic rings. The zero-order valence-corrected chi connectivity index (χ0v) is 8.21. The number of halogens is 1. The monoisotopic (exact) mass is 210 g/mol. The Morgan fingerprint density at radius 1 is 1.91 bits per heavy atom. The number of amides is 1. The first kappa shape index (κ1) is 10.7. The lowest BCUT2D eigenvalue weighted by molar-refractivity contribution is -0.117. The van der Waals surface area contributed by atoms with E-state index in [2.05, 4.69) is 22.5 Å². The average molecular weight is 211 g/mol. The first-order valence-electron chi connectivity index (χ1n) is 2.62. The normalized spacial score (nSPS) is 7.91. The maximum absolute atomic E-state index is 9.62. The van der Waals surface area contributed by atoms with Gasteiger partial charge in [0, 0.05) is 18.5 Å². The second-order valence-corrected chi connectivity index (χ2v) is 3.15. The van der Waals surface area contributed by atoms with Gasteiger partial charge in [-0.15, -0.1) is 11.3 Å². The van der Waals surface area contributed by atoms with Crippen molar-refractivity contribution >= 4 is 41.7 Å². The number of carbonyl (C=O) groups excluding carboxylic acids is 1. The van der Waals surface area contributed by atoms with Gasteiger partial charge in [-0.25, -0.2) is 4.98 Å². The fourth-order valence-corrected chi connectivity index (χ4v) is 0.772. The van der Waals surface area contributed by atoms with E-state index in [9.17, 15) is 4.79 Å². The van der Waals surface area contributed by atoms with Gasteiger partial charge in [-0.1, -0.05) is 24.4 Å². The number of aromatic nitrogens is 1. The predicted octanol–water partition coefficient (Wildman–Crippen LogP) is 1.76. The molecule has 1 rings (SSSR count). The summed E-state index contributed by atoms with van der Waals surface area (Å²) in [6, 6.07) is 0. The Hall–Kier alpha value is -0.260. The van der Waals surface area contributed by atoms with E-state index < -0.39 is 0 Å². The lowest BCUT2D eigenvalue weighted by Crippen LogP contribution is -2.04. The van der Waals surface area contributed by atoms with Crippen molar-refractivity contribution in [3.8, 4) is 0 Å². The van der Waals surface area contributed by atoms with Crippen LogP contribution in [0.5, 0.6) is 0 Å². The second-order valence-electron chi connectivity index (χ2n) is 1.45. The van der Waals surface area contributed by atoms with Gasteiger partial charge in [0.25, 0.3) is 0 Å². The Morgan fingerprint density at radius 3 is 2.55 bits per heavy atom. The third kappa shape index (κ3) is 7.64. The van der Waals surface area contributed by atoms with E-state index in [1.807, 2.05) is 5.38 Å². The molecule has 62 valence electrons. The fourth-order valence-electron chi connectivity index (χ4n) is 0.206. The summed E-state index contributed by atoms with van der Waals surface area (Å²) >= 11 is 10.2. The molecular formula is C5H7ClN2OS2. The molecule has 1 heterocycles. The van der Waals surface area contributed by atoms with Crippen LogP contribution in [0.2, 0.25) is 4.47 Å². The zero-order chi connectivity index (χ0) is 8.69. The molecule has 0 aromatic carbocycles. The smallest absolute Gasteiger partial charge is 0.226 e. The van der Waals surface area contributed by atoms with E-state index in [0.29, 0.717) is 4.47 Å². The molecule has 0 spiro atoms. The third-order valence-electron chi connectivity index (χ3n) is 0.560. The number of rotatable bonds is 0. The van der Waals surface area contributed by atoms with Gasteiger partial charge in [0.2, 0.25) is 5.91 Å². The molecule has 0 bridgehead atoms. The van der Waals surface area contributed by atoms with E-state index in [4.69, 9.17) is 11.6 Å². The van der Waals surface area contributed by atoms with Crippen molar-refractivity contribution in [1.82, 2.24) is 9.71 Å². The number of hydrogen-bond acceptors (Lipinski definition) is 4. The molecule has 1 aromatic rings. The lowest BCUT2D eigenvalue weighted by atomic mass is 10.8. The van der Waals surface area contributed by atoms with Crippen LogP contribution in [0, 0.1) is 0 Å². The molecule has 0 fully saturated rings. The number of hydrogen-bond donors (Lipinski definition) is 2. The SMILES string of the molecule is CC(=O)NS.Clc1nccs1. The Morgan fingerprint density at radius 2 is 2.45 bits per heavy atom. The molecule has 1 aromatic heterocycles. The molecular weight excluding hydrogens is 204 g/mol. The van der Waals surface area contributed by atoms with Gasteiger partial charge in [-0.2, -0.15) is 0 Å². The molecule has 0 saturated heterocycles. The van der Waals surface area contributed by atoms with Crippen molar-refractivity contribution in [2.24, 2.45) is 0 Å². The molecule has 0 atom stereocenters. The molecule has 0 aliphatic carbocycles. The maximum Gasteiger partial charge on any atom is 0.226 e. The zero-order valence-electron chi connectivity index (χ0n) is 5.74. The van der Waals surface area contributed by atoms with Crippen LogP contribution in [0.3, 0.4) is 0 Å². The summed E-state index contributed by atoms with van der Waals surface area (Å²) in [5.41, 5.74) is 0. The van der Waals surface area contributed by atoms with Crippen molar-refractivity contribution in [3.05, 3.63) is 16.0 Å². The second kappa shape index (κ2) is 6.45. The van der Waals surface area contributed by atoms with Gasteiger partial charge in [0.05, 0.1) is 0 Å². The minimum Gasteiger partial charge on any atom is -0.303 e. The topological polar surface area (TPSA) is 42.0 Å². The third-order valence-corrected chi connectivity index (χ3v) is 1.80. The minimum absolute atomic E-state index is 0.131. The van der Waals surface area contributed by atoms with E-state index in [0.717, 1.165) is 0 Å². The van der Waals surface area contributed by atoms with Crippen LogP contribution >= 0.6 is 35.8 Å². The highest BCUT2D eigenvalue weighted by Crippen LogP contribution is 2.08. The number of nitrogens with one attached hydrogen (secondary N) is 1. The molecule has 0 radical (unpaired) electrons. The minimum atomic E-state index is -0.131. The molecule has 0 saturated carbocycles. The molecule has 0 unspecified atom stereocenters. The van der Waals surface area contributed by atoms with Crippen molar-refractivity contribution in [2.45, 2.75) is 6.92 Å². The Kier molecular flexibility index (Phi) is 6.30. The summed E-state index contributed by atoms with van der Waals surface area (Å²) in [5.74, 6) is -0.131. The van der Waals surface area contributed by atoms with Gasteiger partial charge in [0.1, 0.15) is 0 Å². The largest absolute Gasteiger partial charge is 0.303 e. The number of nitrogens with zero attached hydrogens (tertiary/aromatic N) is 1. The van der Waals surface area contributed by atoms with E-state index in [-0.39, 0.29) is 5.91 Å². The number of thiol groups is 1. The standard InChI is InChI=1S/C3H2ClNS.C2H5NOS/c4-3-5-1-2-6-3;1-2(4)3-5/h1-2H;5H,1H3,(H,3,4). The first-order chi connectivity index (χ1) is 5.16. The Balaban J connectivity index is 0.000000187. The summed E-state index contributed by atoms with van der Waals surface area (Å²) in [4.78, 5) is 13.3. The highest BCUT2D eigenvalue weighted by molar-refractivity contribution is 7.78. The van der Waals surface area contributed by atoms with Gasteiger partial charge in [0.15, 0.2) is 4.47 Å². The van der Waals surface area contributed by atoms with Crippen LogP contribution in [0.25, 0.3) is 0 Å². The highest BCUT2D eigenvalue weighted by Gasteiger charge is 1.79. The van der Waals surface area contributed by atoms with Gasteiger partial charge in [-0.05, 0) is 0 Å².